The van der Waals surface area contributed by atoms with Crippen molar-refractivity contribution in [3.8, 4) is 0 Å². The summed E-state index contributed by atoms with van der Waals surface area (Å²) in [4.78, 5) is 64.7. The fraction of sp³-hybridized carbons (Fsp3) is 0.552. The number of hydrogen-bond acceptors (Lipinski definition) is 8. The van der Waals surface area contributed by atoms with Gasteiger partial charge in [-0.3, -0.25) is 28.7 Å². The summed E-state index contributed by atoms with van der Waals surface area (Å²) in [7, 11) is 0. The van der Waals surface area contributed by atoms with Gasteiger partial charge >= 0.3 is 5.97 Å². The summed E-state index contributed by atoms with van der Waals surface area (Å²) >= 11 is 0. The Kier molecular flexibility index (Phi) is 11.1. The summed E-state index contributed by atoms with van der Waals surface area (Å²) in [6, 6.07) is 8.38. The van der Waals surface area contributed by atoms with E-state index in [4.69, 9.17) is 4.74 Å². The zero-order valence-corrected chi connectivity index (χ0v) is 23.6. The molecule has 1 aliphatic heterocycles. The van der Waals surface area contributed by atoms with Gasteiger partial charge in [0.25, 0.3) is 5.91 Å². The summed E-state index contributed by atoms with van der Waals surface area (Å²) in [6.07, 6.45) is 1.76. The summed E-state index contributed by atoms with van der Waals surface area (Å²) in [5.74, 6) is -4.50. The lowest BCUT2D eigenvalue weighted by molar-refractivity contribution is -0.149. The molecule has 0 saturated carbocycles. The highest BCUT2D eigenvalue weighted by molar-refractivity contribution is 6.37. The van der Waals surface area contributed by atoms with Crippen LogP contribution in [-0.2, 0) is 48.3 Å². The summed E-state index contributed by atoms with van der Waals surface area (Å²) in [5, 5.41) is 13.4. The van der Waals surface area contributed by atoms with Gasteiger partial charge in [-0.05, 0) is 23.8 Å². The molecule has 0 spiro atoms. The van der Waals surface area contributed by atoms with Crippen molar-refractivity contribution >= 4 is 29.4 Å². The number of nitrogens with zero attached hydrogens (tertiary/aromatic N) is 3. The molecule has 3 rings (SSSR count). The minimum absolute atomic E-state index is 0.0607. The van der Waals surface area contributed by atoms with Gasteiger partial charge in [0.05, 0.1) is 30.6 Å². The number of nitrogens with one attached hydrogen (secondary N) is 2. The highest BCUT2D eigenvalue weighted by atomic mass is 16.5. The van der Waals surface area contributed by atoms with Crippen LogP contribution >= 0.6 is 0 Å². The van der Waals surface area contributed by atoms with Gasteiger partial charge in [-0.25, -0.2) is 0 Å². The van der Waals surface area contributed by atoms with Gasteiger partial charge in [-0.1, -0.05) is 63.2 Å². The van der Waals surface area contributed by atoms with E-state index in [0.29, 0.717) is 18.7 Å². The first-order valence-electron chi connectivity index (χ1n) is 13.8. The van der Waals surface area contributed by atoms with Crippen molar-refractivity contribution in [2.45, 2.75) is 72.6 Å². The van der Waals surface area contributed by atoms with Crippen LogP contribution in [0.15, 0.2) is 36.5 Å². The molecule has 0 saturated heterocycles. The Morgan fingerprint density at radius 1 is 1.12 bits per heavy atom. The monoisotopic (exact) mass is 553 g/mol. The molecule has 216 valence electrons. The predicted molar refractivity (Wildman–Crippen MR) is 145 cm³/mol. The van der Waals surface area contributed by atoms with E-state index in [9.17, 15) is 24.0 Å². The number of carbonyl (C=O) groups is 5. The third-order valence-corrected chi connectivity index (χ3v) is 6.89. The van der Waals surface area contributed by atoms with Gasteiger partial charge in [0, 0.05) is 31.5 Å². The molecular formula is C29H39N5O6. The Morgan fingerprint density at radius 3 is 2.52 bits per heavy atom. The fourth-order valence-electron chi connectivity index (χ4n) is 4.62. The van der Waals surface area contributed by atoms with Crippen molar-refractivity contribution in [2.24, 2.45) is 23.7 Å². The molecule has 11 heteroatoms. The molecule has 2 aromatic rings. The summed E-state index contributed by atoms with van der Waals surface area (Å²) in [6.45, 7) is 8.22. The van der Waals surface area contributed by atoms with Crippen molar-refractivity contribution in [2.75, 3.05) is 6.54 Å². The predicted octanol–water partition coefficient (Wildman–Crippen LogP) is 2.03. The second-order valence-electron chi connectivity index (χ2n) is 11.1. The van der Waals surface area contributed by atoms with Crippen LogP contribution < -0.4 is 10.6 Å². The van der Waals surface area contributed by atoms with Gasteiger partial charge in [-0.15, -0.1) is 5.10 Å². The maximum Gasteiger partial charge on any atom is 0.306 e. The van der Waals surface area contributed by atoms with Crippen LogP contribution in [0.1, 0.15) is 58.2 Å². The van der Waals surface area contributed by atoms with Crippen molar-refractivity contribution in [3.63, 3.8) is 0 Å². The second-order valence-corrected chi connectivity index (χ2v) is 11.1. The lowest BCUT2D eigenvalue weighted by Gasteiger charge is -2.26. The molecule has 0 aliphatic carbocycles. The van der Waals surface area contributed by atoms with Crippen LogP contribution in [0.5, 0.6) is 0 Å². The van der Waals surface area contributed by atoms with Crippen LogP contribution in [0.25, 0.3) is 0 Å². The van der Waals surface area contributed by atoms with Crippen molar-refractivity contribution in [3.05, 3.63) is 47.8 Å². The number of ether oxygens (including phenoxy) is 1. The first-order valence-corrected chi connectivity index (χ1v) is 13.8. The molecule has 2 amide bonds. The molecule has 1 aliphatic rings. The average Bonchev–Trinajstić information content (AvgIpc) is 3.35. The van der Waals surface area contributed by atoms with Crippen molar-refractivity contribution in [1.82, 2.24) is 25.6 Å². The van der Waals surface area contributed by atoms with Crippen molar-refractivity contribution < 1.29 is 28.7 Å². The molecule has 1 aromatic heterocycles. The molecule has 40 heavy (non-hydrogen) atoms. The maximum atomic E-state index is 13.5. The number of benzene rings is 1. The summed E-state index contributed by atoms with van der Waals surface area (Å²) < 4.78 is 6.95. The number of fused-ring (bicyclic) bond motifs is 2. The number of esters is 1. The first-order chi connectivity index (χ1) is 19.0. The number of carbonyl (C=O) groups excluding carboxylic acids is 5. The number of rotatable bonds is 12. The number of amides is 2. The van der Waals surface area contributed by atoms with Crippen LogP contribution in [0.2, 0.25) is 0 Å². The lowest BCUT2D eigenvalue weighted by atomic mass is 9.87. The number of aromatic nitrogens is 3. The Labute approximate surface area is 234 Å². The van der Waals surface area contributed by atoms with E-state index in [1.807, 2.05) is 58.0 Å². The Hall–Kier alpha value is -3.89. The minimum atomic E-state index is -0.934. The smallest absolute Gasteiger partial charge is 0.306 e. The second kappa shape index (κ2) is 14.5. The lowest BCUT2D eigenvalue weighted by Crippen LogP contribution is -2.47. The van der Waals surface area contributed by atoms with Gasteiger partial charge in [-0.2, -0.15) is 0 Å². The van der Waals surface area contributed by atoms with E-state index in [1.54, 1.807) is 10.9 Å². The van der Waals surface area contributed by atoms with E-state index < -0.39 is 41.4 Å². The molecule has 2 N–H and O–H groups in total. The van der Waals surface area contributed by atoms with Gasteiger partial charge < -0.3 is 15.4 Å². The van der Waals surface area contributed by atoms with Crippen LogP contribution in [0, 0.1) is 23.7 Å². The van der Waals surface area contributed by atoms with Crippen LogP contribution in [0.4, 0.5) is 0 Å². The topological polar surface area (TPSA) is 149 Å². The zero-order chi connectivity index (χ0) is 29.2. The van der Waals surface area contributed by atoms with Crippen molar-refractivity contribution in [1.29, 1.82) is 0 Å². The SMILES string of the molecule is CC(C)CC(NC(=O)C(CC(=O)OCc1ccccc1)C(C)C)C(=O)CC1Cc2cn(nn2)CCNC(=O)C1=O. The van der Waals surface area contributed by atoms with Gasteiger partial charge in [0.2, 0.25) is 11.7 Å². The van der Waals surface area contributed by atoms with E-state index in [-0.39, 0.29) is 50.0 Å². The zero-order valence-electron chi connectivity index (χ0n) is 23.6. The summed E-state index contributed by atoms with van der Waals surface area (Å²) in [5.41, 5.74) is 1.36. The molecule has 3 atom stereocenters. The van der Waals surface area contributed by atoms with E-state index in [1.165, 1.54) is 0 Å². The quantitative estimate of drug-likeness (QED) is 0.300. The molecule has 2 heterocycles. The maximum absolute atomic E-state index is 13.5. The molecule has 11 nitrogen and oxygen atoms in total. The van der Waals surface area contributed by atoms with E-state index in [0.717, 1.165) is 5.56 Å². The van der Waals surface area contributed by atoms with E-state index in [2.05, 4.69) is 20.9 Å². The first kappa shape index (κ1) is 30.6. The van der Waals surface area contributed by atoms with E-state index >= 15 is 0 Å². The molecule has 0 radical (unpaired) electrons. The highest BCUT2D eigenvalue weighted by Crippen LogP contribution is 2.21. The minimum Gasteiger partial charge on any atom is -0.461 e. The highest BCUT2D eigenvalue weighted by Gasteiger charge is 2.34. The largest absolute Gasteiger partial charge is 0.461 e. The fourth-order valence-corrected chi connectivity index (χ4v) is 4.62. The Morgan fingerprint density at radius 2 is 1.85 bits per heavy atom. The third-order valence-electron chi connectivity index (χ3n) is 6.89. The van der Waals surface area contributed by atoms with Gasteiger partial charge in [0.15, 0.2) is 5.78 Å². The van der Waals surface area contributed by atoms with Gasteiger partial charge in [0.1, 0.15) is 6.61 Å². The standard InChI is InChI=1S/C29H39N5O6/c1-18(2)12-24(25(35)14-21-13-22-16-34(33-32-22)11-10-30-29(39)27(21)37)31-28(38)23(19(3)4)15-26(36)40-17-20-8-6-5-7-9-20/h5-9,16,18-19,21,23-24H,10-15,17H2,1-4H3,(H,30,39)(H,31,38). The Balaban J connectivity index is 1.68. The number of ketones is 2. The normalized spacial score (nSPS) is 17.2. The molecule has 2 bridgehead atoms. The molecular weight excluding hydrogens is 514 g/mol. The third kappa shape index (κ3) is 9.10. The van der Waals surface area contributed by atoms with Crippen LogP contribution in [0.3, 0.4) is 0 Å². The Bertz CT molecular complexity index is 1190. The number of Topliss-reactive ketones (excluding diaryl/α,β-unsaturated/α-hetero) is 2. The molecule has 0 fully saturated rings. The average molecular weight is 554 g/mol. The number of hydrogen-bond donors (Lipinski definition) is 2. The van der Waals surface area contributed by atoms with Crippen LogP contribution in [-0.4, -0.2) is 56.9 Å². The molecule has 3 unspecified atom stereocenters. The molecule has 1 aromatic carbocycles.